The van der Waals surface area contributed by atoms with Crippen molar-refractivity contribution in [2.75, 3.05) is 0 Å². The first-order chi connectivity index (χ1) is 3.93. The molecule has 0 atom stereocenters. The van der Waals surface area contributed by atoms with Crippen LogP contribution in [-0.4, -0.2) is 6.29 Å². The van der Waals surface area contributed by atoms with Crippen LogP contribution in [0.2, 0.25) is 0 Å². The van der Waals surface area contributed by atoms with Crippen LogP contribution in [0.4, 0.5) is 0 Å². The molecule has 0 fully saturated rings. The molecule has 0 aromatic heterocycles. The van der Waals surface area contributed by atoms with Crippen molar-refractivity contribution in [2.45, 2.75) is 0 Å². The Morgan fingerprint density at radius 3 is 2.00 bits per heavy atom. The summed E-state index contributed by atoms with van der Waals surface area (Å²) in [5.74, 6) is 0. The summed E-state index contributed by atoms with van der Waals surface area (Å²) in [5.41, 5.74) is 0.729. The van der Waals surface area contributed by atoms with Gasteiger partial charge in [-0.2, -0.15) is 0 Å². The van der Waals surface area contributed by atoms with E-state index < -0.39 is 0 Å². The Balaban J connectivity index is 0.000000640. The maximum atomic E-state index is 10.0. The summed E-state index contributed by atoms with van der Waals surface area (Å²) in [6.45, 7) is 0. The summed E-state index contributed by atoms with van der Waals surface area (Å²) in [5, 5.41) is 0. The van der Waals surface area contributed by atoms with E-state index in [9.17, 15) is 4.79 Å². The van der Waals surface area contributed by atoms with Crippen molar-refractivity contribution in [1.82, 2.24) is 0 Å². The van der Waals surface area contributed by atoms with Gasteiger partial charge in [0.05, 0.1) is 0 Å². The van der Waals surface area contributed by atoms with Gasteiger partial charge in [-0.3, -0.25) is 4.79 Å². The standard InChI is InChI=1S/C7H6O.Rh/c8-6-7-4-2-1-3-5-7;/h1-6H;. The van der Waals surface area contributed by atoms with Gasteiger partial charge in [-0.15, -0.1) is 0 Å². The van der Waals surface area contributed by atoms with Crippen LogP contribution in [0.25, 0.3) is 0 Å². The van der Waals surface area contributed by atoms with Gasteiger partial charge < -0.3 is 0 Å². The van der Waals surface area contributed by atoms with Crippen LogP contribution in [-0.2, 0) is 19.5 Å². The van der Waals surface area contributed by atoms with Crippen molar-refractivity contribution in [3.05, 3.63) is 35.9 Å². The maximum absolute atomic E-state index is 10.0. The smallest absolute Gasteiger partial charge is 0.150 e. The van der Waals surface area contributed by atoms with E-state index in [1.807, 2.05) is 18.2 Å². The number of carbonyl (C=O) groups is 1. The Morgan fingerprint density at radius 2 is 1.67 bits per heavy atom. The van der Waals surface area contributed by atoms with E-state index in [0.29, 0.717) is 0 Å². The Labute approximate surface area is 66.8 Å². The van der Waals surface area contributed by atoms with E-state index >= 15 is 0 Å². The number of hydrogen-bond donors (Lipinski definition) is 0. The van der Waals surface area contributed by atoms with Crippen LogP contribution in [0.3, 0.4) is 0 Å². The van der Waals surface area contributed by atoms with E-state index in [1.165, 1.54) is 0 Å². The molecule has 1 rings (SSSR count). The Bertz CT molecular complexity index is 172. The van der Waals surface area contributed by atoms with Gasteiger partial charge in [0, 0.05) is 25.0 Å². The second-order valence-corrected chi connectivity index (χ2v) is 1.53. The minimum atomic E-state index is 0. The molecule has 2 heteroatoms. The Hall–Kier alpha value is -0.487. The molecule has 0 bridgehead atoms. The molecular formula is C7H6ORh. The summed E-state index contributed by atoms with van der Waals surface area (Å²) in [7, 11) is 0. The molecule has 1 nitrogen and oxygen atoms in total. The van der Waals surface area contributed by atoms with Gasteiger partial charge in [-0.1, -0.05) is 30.3 Å². The average Bonchev–Trinajstić information content (AvgIpc) is 1.90. The summed E-state index contributed by atoms with van der Waals surface area (Å²) >= 11 is 0. The monoisotopic (exact) mass is 209 g/mol. The zero-order valence-corrected chi connectivity index (χ0v) is 6.34. The van der Waals surface area contributed by atoms with Crippen LogP contribution < -0.4 is 0 Å². The van der Waals surface area contributed by atoms with Crippen molar-refractivity contribution in [2.24, 2.45) is 0 Å². The van der Waals surface area contributed by atoms with E-state index in [1.54, 1.807) is 12.1 Å². The van der Waals surface area contributed by atoms with Gasteiger partial charge in [0.1, 0.15) is 6.29 Å². The summed E-state index contributed by atoms with van der Waals surface area (Å²) in [6.07, 6.45) is 0.833. The maximum Gasteiger partial charge on any atom is 0.150 e. The summed E-state index contributed by atoms with van der Waals surface area (Å²) < 4.78 is 0. The van der Waals surface area contributed by atoms with Gasteiger partial charge in [0.15, 0.2) is 0 Å². The molecule has 0 saturated carbocycles. The second kappa shape index (κ2) is 4.40. The molecule has 0 aliphatic carbocycles. The average molecular weight is 209 g/mol. The molecular weight excluding hydrogens is 203 g/mol. The van der Waals surface area contributed by atoms with E-state index in [-0.39, 0.29) is 19.5 Å². The van der Waals surface area contributed by atoms with Gasteiger partial charge in [-0.25, -0.2) is 0 Å². The van der Waals surface area contributed by atoms with Crippen molar-refractivity contribution in [3.8, 4) is 0 Å². The van der Waals surface area contributed by atoms with E-state index in [2.05, 4.69) is 0 Å². The van der Waals surface area contributed by atoms with Crippen molar-refractivity contribution < 1.29 is 24.3 Å². The van der Waals surface area contributed by atoms with Crippen LogP contribution in [0.1, 0.15) is 10.4 Å². The molecule has 0 heterocycles. The number of rotatable bonds is 1. The number of hydrogen-bond acceptors (Lipinski definition) is 1. The number of carbonyl (C=O) groups excluding carboxylic acids is 1. The molecule has 0 N–H and O–H groups in total. The quantitative estimate of drug-likeness (QED) is 0.505. The van der Waals surface area contributed by atoms with Crippen LogP contribution >= 0.6 is 0 Å². The third kappa shape index (κ3) is 2.52. The fraction of sp³-hybridized carbons (Fsp3) is 0. The van der Waals surface area contributed by atoms with Crippen LogP contribution in [0.5, 0.6) is 0 Å². The molecule has 49 valence electrons. The Kier molecular flexibility index (Phi) is 4.16. The van der Waals surface area contributed by atoms with Gasteiger partial charge in [0.25, 0.3) is 0 Å². The fourth-order valence-corrected chi connectivity index (χ4v) is 0.532. The first-order valence-electron chi connectivity index (χ1n) is 2.44. The first kappa shape index (κ1) is 8.51. The number of aldehydes is 1. The molecule has 0 saturated heterocycles. The van der Waals surface area contributed by atoms with Gasteiger partial charge in [-0.05, 0) is 0 Å². The van der Waals surface area contributed by atoms with Gasteiger partial charge >= 0.3 is 0 Å². The molecule has 0 aliphatic heterocycles. The minimum Gasteiger partial charge on any atom is -0.298 e. The normalized spacial score (nSPS) is 7.56. The fourth-order valence-electron chi connectivity index (χ4n) is 0.532. The van der Waals surface area contributed by atoms with Crippen LogP contribution in [0.15, 0.2) is 30.3 Å². The molecule has 0 amide bonds. The first-order valence-corrected chi connectivity index (χ1v) is 2.44. The summed E-state index contributed by atoms with van der Waals surface area (Å²) in [4.78, 5) is 10.0. The van der Waals surface area contributed by atoms with Crippen LogP contribution in [0, 0.1) is 0 Å². The van der Waals surface area contributed by atoms with E-state index in [0.717, 1.165) is 11.8 Å². The third-order valence-electron chi connectivity index (χ3n) is 0.936. The molecule has 0 spiro atoms. The third-order valence-corrected chi connectivity index (χ3v) is 0.936. The Morgan fingerprint density at radius 1 is 1.11 bits per heavy atom. The van der Waals surface area contributed by atoms with Crippen molar-refractivity contribution in [1.29, 1.82) is 0 Å². The SMILES string of the molecule is O=Cc1ccccc1.[Rh]. The molecule has 1 aromatic rings. The zero-order chi connectivity index (χ0) is 5.82. The molecule has 1 aromatic carbocycles. The van der Waals surface area contributed by atoms with Crippen molar-refractivity contribution >= 4 is 6.29 Å². The largest absolute Gasteiger partial charge is 0.298 e. The molecule has 0 aliphatic rings. The molecule has 0 unspecified atom stereocenters. The molecule has 1 radical (unpaired) electrons. The molecule has 9 heavy (non-hydrogen) atoms. The van der Waals surface area contributed by atoms with E-state index in [4.69, 9.17) is 0 Å². The van der Waals surface area contributed by atoms with Gasteiger partial charge in [0.2, 0.25) is 0 Å². The predicted molar refractivity (Wildman–Crippen MR) is 31.8 cm³/mol. The zero-order valence-electron chi connectivity index (χ0n) is 4.71. The summed E-state index contributed by atoms with van der Waals surface area (Å²) in [6, 6.07) is 9.10. The predicted octanol–water partition coefficient (Wildman–Crippen LogP) is 1.50. The topological polar surface area (TPSA) is 17.1 Å². The second-order valence-electron chi connectivity index (χ2n) is 1.53. The minimum absolute atomic E-state index is 0. The number of benzene rings is 1. The van der Waals surface area contributed by atoms with Crippen molar-refractivity contribution in [3.63, 3.8) is 0 Å².